The van der Waals surface area contributed by atoms with Crippen LogP contribution in [0.15, 0.2) is 24.3 Å². The van der Waals surface area contributed by atoms with Crippen molar-refractivity contribution >= 4 is 30.0 Å². The van der Waals surface area contributed by atoms with Gasteiger partial charge >= 0.3 is 23.0 Å². The van der Waals surface area contributed by atoms with E-state index in [4.69, 9.17) is 20.4 Å². The van der Waals surface area contributed by atoms with Crippen molar-refractivity contribution in [3.63, 3.8) is 0 Å². The minimum atomic E-state index is -2.97. The van der Waals surface area contributed by atoms with Crippen LogP contribution in [0.3, 0.4) is 0 Å². The second-order valence-corrected chi connectivity index (χ2v) is 4.84. The number of phenols is 2. The molecule has 0 atom stereocenters. The number of hydrogen-bond donors (Lipinski definition) is 4. The molecule has 12 heteroatoms. The Balaban J connectivity index is 0. The molecule has 1 aromatic rings. The zero-order valence-corrected chi connectivity index (χ0v) is 14.4. The van der Waals surface area contributed by atoms with Gasteiger partial charge in [0, 0.05) is 30.9 Å². The summed E-state index contributed by atoms with van der Waals surface area (Å²) in [7, 11) is 0. The molecule has 0 aromatic heterocycles. The molecule has 0 amide bonds. The fraction of sp³-hybridized carbons (Fsp3) is 0.200. The van der Waals surface area contributed by atoms with Crippen LogP contribution in [-0.2, 0) is 36.2 Å². The molecule has 4 N–H and O–H groups in total. The van der Waals surface area contributed by atoms with Gasteiger partial charge in [0.2, 0.25) is 0 Å². The monoisotopic (exact) mass is 425 g/mol. The van der Waals surface area contributed by atoms with Gasteiger partial charge in [-0.05, 0) is 23.8 Å². The molecule has 0 heterocycles. The summed E-state index contributed by atoms with van der Waals surface area (Å²) in [4.78, 5) is 40.1. The van der Waals surface area contributed by atoms with Crippen LogP contribution in [0, 0.1) is 0 Å². The second-order valence-electron chi connectivity index (χ2n) is 4.84. The molecule has 0 aliphatic heterocycles. The van der Waals surface area contributed by atoms with Crippen LogP contribution >= 0.6 is 0 Å². The van der Waals surface area contributed by atoms with Crippen molar-refractivity contribution in [3.8, 4) is 11.5 Å². The molecule has 0 aliphatic rings. The van der Waals surface area contributed by atoms with Gasteiger partial charge in [0.05, 0.1) is 5.97 Å². The van der Waals surface area contributed by atoms with Crippen LogP contribution in [0.1, 0.15) is 18.4 Å². The van der Waals surface area contributed by atoms with E-state index in [2.05, 4.69) is 0 Å². The van der Waals surface area contributed by atoms with E-state index < -0.39 is 42.3 Å². The Hall–Kier alpha value is -3.08. The first-order valence-corrected chi connectivity index (χ1v) is 6.64. The molecule has 1 aromatic carbocycles. The van der Waals surface area contributed by atoms with Gasteiger partial charge in [-0.15, -0.1) is 0 Å². The maximum absolute atomic E-state index is 10.1. The normalized spacial score (nSPS) is 10.3. The van der Waals surface area contributed by atoms with E-state index in [1.54, 1.807) is 0 Å². The van der Waals surface area contributed by atoms with Gasteiger partial charge in [0.15, 0.2) is 11.5 Å². The number of carbonyl (C=O) groups excluding carboxylic acids is 3. The van der Waals surface area contributed by atoms with Gasteiger partial charge in [-0.1, -0.05) is 6.07 Å². The molecule has 0 bridgehead atoms. The molecule has 0 aliphatic carbocycles. The summed E-state index contributed by atoms with van der Waals surface area (Å²) in [5, 5.41) is 65.2. The minimum Gasteiger partial charge on any atom is -0.550 e. The minimum absolute atomic E-state index is 0. The Morgan fingerprint density at radius 3 is 1.78 bits per heavy atom. The number of aliphatic carboxylic acids is 4. The summed E-state index contributed by atoms with van der Waals surface area (Å²) in [5.41, 5.74) is -2.46. The van der Waals surface area contributed by atoms with Crippen LogP contribution < -0.4 is 15.3 Å². The van der Waals surface area contributed by atoms with Gasteiger partial charge in [0.1, 0.15) is 5.60 Å². The summed E-state index contributed by atoms with van der Waals surface area (Å²) >= 11 is 0. The molecule has 0 fully saturated rings. The van der Waals surface area contributed by atoms with Crippen molar-refractivity contribution in [2.45, 2.75) is 18.4 Å². The average molecular weight is 425 g/mol. The number of benzene rings is 1. The fourth-order valence-electron chi connectivity index (χ4n) is 1.50. The van der Waals surface area contributed by atoms with Gasteiger partial charge in [0.25, 0.3) is 0 Å². The van der Waals surface area contributed by atoms with Gasteiger partial charge in [-0.25, -0.2) is 4.79 Å². The van der Waals surface area contributed by atoms with Crippen molar-refractivity contribution in [2.75, 3.05) is 0 Å². The maximum Gasteiger partial charge on any atom is 3.00 e. The molecule has 0 spiro atoms. The molecule has 11 nitrogen and oxygen atoms in total. The second kappa shape index (κ2) is 11.5. The number of carboxylic acid groups (broad SMARTS) is 4. The van der Waals surface area contributed by atoms with Crippen LogP contribution in [0.25, 0.3) is 6.08 Å². The first kappa shape index (κ1) is 26.2. The zero-order chi connectivity index (χ0) is 20.5. The third kappa shape index (κ3) is 10.5. The molecule has 0 unspecified atom stereocenters. The Kier molecular flexibility index (Phi) is 11.2. The Bertz CT molecular complexity index is 710. The zero-order valence-electron chi connectivity index (χ0n) is 13.3. The van der Waals surface area contributed by atoms with Crippen molar-refractivity contribution in [2.24, 2.45) is 0 Å². The average Bonchev–Trinajstić information content (AvgIpc) is 2.47. The van der Waals surface area contributed by atoms with E-state index in [-0.39, 0.29) is 28.6 Å². The van der Waals surface area contributed by atoms with Crippen molar-refractivity contribution in [1.29, 1.82) is 0 Å². The molecule has 1 radical (unpaired) electrons. The van der Waals surface area contributed by atoms with Crippen LogP contribution in [0.4, 0.5) is 0 Å². The number of aliphatic hydroxyl groups is 1. The Labute approximate surface area is 162 Å². The third-order valence-corrected chi connectivity index (χ3v) is 2.67. The van der Waals surface area contributed by atoms with E-state index >= 15 is 0 Å². The van der Waals surface area contributed by atoms with Gasteiger partial charge < -0.3 is 50.1 Å². The van der Waals surface area contributed by atoms with E-state index in [9.17, 15) is 34.5 Å². The molecule has 0 saturated carbocycles. The summed E-state index contributed by atoms with van der Waals surface area (Å²) in [5.74, 6) is -7.55. The van der Waals surface area contributed by atoms with Crippen molar-refractivity contribution < 1.29 is 72.0 Å². The molecule has 0 saturated heterocycles. The smallest absolute Gasteiger partial charge is 0.550 e. The SMILES string of the molecule is O=C(O)C=Cc1ccc(O)c(O)c1.O=C([O-])CC(O)(CC(=O)[O-])C(=O)[O-].[Fe+3]. The first-order chi connectivity index (χ1) is 11.9. The fourth-order valence-corrected chi connectivity index (χ4v) is 1.50. The van der Waals surface area contributed by atoms with Crippen molar-refractivity contribution in [1.82, 2.24) is 0 Å². The third-order valence-electron chi connectivity index (χ3n) is 2.67. The van der Waals surface area contributed by atoms with Gasteiger partial charge in [-0.2, -0.15) is 0 Å². The summed E-state index contributed by atoms with van der Waals surface area (Å²) in [6, 6.07) is 4.06. The quantitative estimate of drug-likeness (QED) is 0.187. The van der Waals surface area contributed by atoms with E-state index in [0.29, 0.717) is 5.56 Å². The maximum atomic E-state index is 10.1. The predicted octanol–water partition coefficient (Wildman–Crippen LogP) is -4.06. The molecular formula is C15H13FeO11. The summed E-state index contributed by atoms with van der Waals surface area (Å²) < 4.78 is 0. The van der Waals surface area contributed by atoms with Crippen LogP contribution in [0.2, 0.25) is 0 Å². The predicted molar refractivity (Wildman–Crippen MR) is 75.6 cm³/mol. The van der Waals surface area contributed by atoms with E-state index in [1.807, 2.05) is 0 Å². The van der Waals surface area contributed by atoms with Crippen LogP contribution in [0.5, 0.6) is 11.5 Å². The molecule has 147 valence electrons. The van der Waals surface area contributed by atoms with Crippen LogP contribution in [-0.4, -0.2) is 49.9 Å². The number of rotatable bonds is 7. The Morgan fingerprint density at radius 1 is 0.963 bits per heavy atom. The molecular weight excluding hydrogens is 412 g/mol. The largest absolute Gasteiger partial charge is 3.00 e. The van der Waals surface area contributed by atoms with E-state index in [1.165, 1.54) is 24.3 Å². The number of aromatic hydroxyl groups is 2. The summed E-state index contributed by atoms with van der Waals surface area (Å²) in [6.45, 7) is 0. The number of phenolic OH excluding ortho intramolecular Hbond substituents is 2. The van der Waals surface area contributed by atoms with Crippen molar-refractivity contribution in [3.05, 3.63) is 29.8 Å². The first-order valence-electron chi connectivity index (χ1n) is 6.64. The number of carbonyl (C=O) groups is 4. The van der Waals surface area contributed by atoms with Gasteiger partial charge in [-0.3, -0.25) is 0 Å². The summed E-state index contributed by atoms with van der Waals surface area (Å²) in [6.07, 6.45) is -0.445. The number of hydrogen-bond acceptors (Lipinski definition) is 10. The molecule has 27 heavy (non-hydrogen) atoms. The standard InChI is InChI=1S/C9H8O4.C6H8O7.Fe/c10-7-3-1-6(5-8(7)11)2-4-9(12)13;7-3(8)1-6(13,5(11)12)2-4(9)10;/h1-5,10-11H,(H,12,13);13H,1-2H2,(H,7,8)(H,9,10)(H,11,12);/q;;+3/p-3. The van der Waals surface area contributed by atoms with E-state index in [0.717, 1.165) is 6.08 Å². The number of carboxylic acids is 4. The Morgan fingerprint density at radius 2 is 1.44 bits per heavy atom. The topological polar surface area (TPSA) is 218 Å². The molecule has 1 rings (SSSR count).